The molecule has 1 unspecified atom stereocenters. The number of fused-ring (bicyclic) bond motifs is 1. The van der Waals surface area contributed by atoms with Crippen LogP contribution in [-0.2, 0) is 16.8 Å². The van der Waals surface area contributed by atoms with Crippen LogP contribution in [0.4, 0.5) is 0 Å². The molecule has 1 aromatic rings. The van der Waals surface area contributed by atoms with Crippen molar-refractivity contribution in [1.82, 2.24) is 0 Å². The summed E-state index contributed by atoms with van der Waals surface area (Å²) in [4.78, 5) is 0. The van der Waals surface area contributed by atoms with Crippen molar-refractivity contribution in [2.45, 2.75) is 18.9 Å². The molecule has 14 heavy (non-hydrogen) atoms. The van der Waals surface area contributed by atoms with Crippen LogP contribution < -0.4 is 0 Å². The zero-order chi connectivity index (χ0) is 10.2. The highest BCUT2D eigenvalue weighted by molar-refractivity contribution is 9.10. The summed E-state index contributed by atoms with van der Waals surface area (Å²) in [7, 11) is 0. The number of nitrogens with zero attached hydrogens (tertiary/aromatic N) is 1. The minimum absolute atomic E-state index is 0.479. The molecule has 0 aliphatic carbocycles. The molecule has 0 bridgehead atoms. The van der Waals surface area contributed by atoms with E-state index in [1.54, 1.807) is 0 Å². The minimum Gasteiger partial charge on any atom is -0.375 e. The average Bonchev–Trinajstić information content (AvgIpc) is 2.20. The van der Waals surface area contributed by atoms with E-state index in [1.807, 2.05) is 25.1 Å². The highest BCUT2D eigenvalue weighted by Crippen LogP contribution is 2.33. The predicted octanol–water partition coefficient (Wildman–Crippen LogP) is 2.76. The van der Waals surface area contributed by atoms with Gasteiger partial charge in [0, 0.05) is 4.47 Å². The van der Waals surface area contributed by atoms with Crippen molar-refractivity contribution in [3.05, 3.63) is 33.8 Å². The number of hydrogen-bond acceptors (Lipinski definition) is 2. The average molecular weight is 252 g/mol. The molecule has 72 valence electrons. The maximum absolute atomic E-state index is 9.14. The molecule has 3 heteroatoms. The fourth-order valence-corrected chi connectivity index (χ4v) is 2.08. The Labute approximate surface area is 91.6 Å². The Morgan fingerprint density at radius 3 is 3.07 bits per heavy atom. The number of ether oxygens (including phenoxy) is 1. The molecule has 0 aromatic heterocycles. The SMILES string of the molecule is CC1(C#N)COCc2ccc(Br)cc21. The van der Waals surface area contributed by atoms with E-state index in [0.29, 0.717) is 13.2 Å². The predicted molar refractivity (Wildman–Crippen MR) is 56.8 cm³/mol. The first-order valence-corrected chi connectivity index (χ1v) is 5.23. The van der Waals surface area contributed by atoms with Gasteiger partial charge in [0.2, 0.25) is 0 Å². The van der Waals surface area contributed by atoms with E-state index in [1.165, 1.54) is 0 Å². The van der Waals surface area contributed by atoms with Crippen LogP contribution in [0.5, 0.6) is 0 Å². The zero-order valence-corrected chi connectivity index (χ0v) is 9.47. The summed E-state index contributed by atoms with van der Waals surface area (Å²) >= 11 is 3.42. The van der Waals surface area contributed by atoms with Gasteiger partial charge in [0.15, 0.2) is 0 Å². The summed E-state index contributed by atoms with van der Waals surface area (Å²) in [5, 5.41) is 9.14. The Morgan fingerprint density at radius 2 is 2.36 bits per heavy atom. The lowest BCUT2D eigenvalue weighted by atomic mass is 9.80. The van der Waals surface area contributed by atoms with Crippen molar-refractivity contribution in [2.24, 2.45) is 0 Å². The van der Waals surface area contributed by atoms with Crippen molar-refractivity contribution < 1.29 is 4.74 Å². The van der Waals surface area contributed by atoms with Crippen molar-refractivity contribution in [3.63, 3.8) is 0 Å². The van der Waals surface area contributed by atoms with E-state index in [9.17, 15) is 0 Å². The molecule has 1 heterocycles. The molecule has 1 atom stereocenters. The van der Waals surface area contributed by atoms with Crippen molar-refractivity contribution in [3.8, 4) is 6.07 Å². The Bertz CT molecular complexity index is 410. The molecule has 2 nitrogen and oxygen atoms in total. The monoisotopic (exact) mass is 251 g/mol. The number of hydrogen-bond donors (Lipinski definition) is 0. The number of benzene rings is 1. The quantitative estimate of drug-likeness (QED) is 0.711. The van der Waals surface area contributed by atoms with Crippen LogP contribution in [0.2, 0.25) is 0 Å². The van der Waals surface area contributed by atoms with Crippen LogP contribution in [0.15, 0.2) is 22.7 Å². The summed E-state index contributed by atoms with van der Waals surface area (Å²) in [5.74, 6) is 0. The molecule has 0 saturated heterocycles. The van der Waals surface area contributed by atoms with Gasteiger partial charge in [-0.15, -0.1) is 0 Å². The lowest BCUT2D eigenvalue weighted by Gasteiger charge is -2.29. The molecule has 1 aliphatic heterocycles. The van der Waals surface area contributed by atoms with Gasteiger partial charge in [-0.3, -0.25) is 0 Å². The van der Waals surface area contributed by atoms with Gasteiger partial charge in [-0.1, -0.05) is 22.0 Å². The second kappa shape index (κ2) is 3.38. The van der Waals surface area contributed by atoms with Crippen molar-refractivity contribution in [2.75, 3.05) is 6.61 Å². The van der Waals surface area contributed by atoms with Crippen LogP contribution >= 0.6 is 15.9 Å². The van der Waals surface area contributed by atoms with E-state index in [4.69, 9.17) is 10.00 Å². The van der Waals surface area contributed by atoms with E-state index < -0.39 is 5.41 Å². The molecule has 1 aliphatic rings. The van der Waals surface area contributed by atoms with Gasteiger partial charge in [-0.25, -0.2) is 0 Å². The molecule has 0 spiro atoms. The first-order chi connectivity index (χ1) is 6.65. The van der Waals surface area contributed by atoms with Crippen LogP contribution in [0.25, 0.3) is 0 Å². The van der Waals surface area contributed by atoms with Crippen LogP contribution in [-0.4, -0.2) is 6.61 Å². The lowest BCUT2D eigenvalue weighted by molar-refractivity contribution is 0.0759. The third-order valence-corrected chi connectivity index (χ3v) is 3.05. The number of halogens is 1. The standard InChI is InChI=1S/C11H10BrNO/c1-11(6-13)7-14-5-8-2-3-9(12)4-10(8)11/h2-4H,5,7H2,1H3. The van der Waals surface area contributed by atoms with Gasteiger partial charge in [-0.2, -0.15) is 5.26 Å². The van der Waals surface area contributed by atoms with Gasteiger partial charge < -0.3 is 4.74 Å². The topological polar surface area (TPSA) is 33.0 Å². The Morgan fingerprint density at radius 1 is 1.57 bits per heavy atom. The highest BCUT2D eigenvalue weighted by atomic mass is 79.9. The Hall–Kier alpha value is -0.850. The smallest absolute Gasteiger partial charge is 0.103 e. The lowest BCUT2D eigenvalue weighted by Crippen LogP contribution is -2.31. The van der Waals surface area contributed by atoms with Crippen LogP contribution in [0.1, 0.15) is 18.1 Å². The third-order valence-electron chi connectivity index (χ3n) is 2.56. The fourth-order valence-electron chi connectivity index (χ4n) is 1.72. The molecular formula is C11H10BrNO. The molecule has 0 saturated carbocycles. The van der Waals surface area contributed by atoms with Crippen molar-refractivity contribution >= 4 is 15.9 Å². The van der Waals surface area contributed by atoms with Crippen molar-refractivity contribution in [1.29, 1.82) is 5.26 Å². The van der Waals surface area contributed by atoms with E-state index in [2.05, 4.69) is 22.0 Å². The third kappa shape index (κ3) is 1.45. The fraction of sp³-hybridized carbons (Fsp3) is 0.364. The van der Waals surface area contributed by atoms with Gasteiger partial charge in [0.25, 0.3) is 0 Å². The summed E-state index contributed by atoms with van der Waals surface area (Å²) in [6, 6.07) is 8.32. The molecular weight excluding hydrogens is 242 g/mol. The van der Waals surface area contributed by atoms with E-state index in [0.717, 1.165) is 15.6 Å². The highest BCUT2D eigenvalue weighted by Gasteiger charge is 2.32. The summed E-state index contributed by atoms with van der Waals surface area (Å²) in [6.45, 7) is 3.00. The number of nitriles is 1. The Balaban J connectivity index is 2.59. The van der Waals surface area contributed by atoms with Gasteiger partial charge in [-0.05, 0) is 30.2 Å². The molecule has 0 amide bonds. The summed E-state index contributed by atoms with van der Waals surface area (Å²) < 4.78 is 6.42. The Kier molecular flexibility index (Phi) is 2.34. The molecule has 0 radical (unpaired) electrons. The second-order valence-corrected chi connectivity index (χ2v) is 4.65. The maximum atomic E-state index is 9.14. The zero-order valence-electron chi connectivity index (χ0n) is 7.88. The van der Waals surface area contributed by atoms with Gasteiger partial charge in [0.05, 0.1) is 19.3 Å². The molecule has 0 N–H and O–H groups in total. The molecule has 1 aromatic carbocycles. The minimum atomic E-state index is -0.503. The molecule has 2 rings (SSSR count). The summed E-state index contributed by atoms with van der Waals surface area (Å²) in [5.41, 5.74) is 1.70. The largest absolute Gasteiger partial charge is 0.375 e. The van der Waals surface area contributed by atoms with Gasteiger partial charge >= 0.3 is 0 Å². The van der Waals surface area contributed by atoms with E-state index in [-0.39, 0.29) is 0 Å². The summed E-state index contributed by atoms with van der Waals surface area (Å²) in [6.07, 6.45) is 0. The molecule has 0 fully saturated rings. The normalized spacial score (nSPS) is 25.2. The second-order valence-electron chi connectivity index (χ2n) is 3.74. The first-order valence-electron chi connectivity index (χ1n) is 4.44. The van der Waals surface area contributed by atoms with Gasteiger partial charge in [0.1, 0.15) is 5.41 Å². The first kappa shape index (κ1) is 9.70. The number of rotatable bonds is 0. The maximum Gasteiger partial charge on any atom is 0.103 e. The van der Waals surface area contributed by atoms with E-state index >= 15 is 0 Å². The van der Waals surface area contributed by atoms with Crippen LogP contribution in [0.3, 0.4) is 0 Å². The van der Waals surface area contributed by atoms with Crippen LogP contribution in [0, 0.1) is 11.3 Å².